The standard InChI is InChI=1S/C18H22BrNO3S2/c1-5-22-14-9-15(23-6-2)13(19)7-12(14)8-16-17(21)20(10-11(3)4)18(24)25-16/h7-9,11H,5-6,10H2,1-4H3/b16-8-. The van der Waals surface area contributed by atoms with Gasteiger partial charge >= 0.3 is 0 Å². The number of hydrogen-bond acceptors (Lipinski definition) is 5. The van der Waals surface area contributed by atoms with Gasteiger partial charge in [-0.3, -0.25) is 9.69 Å². The van der Waals surface area contributed by atoms with Crippen molar-refractivity contribution >= 4 is 56.2 Å². The molecule has 1 amide bonds. The number of nitrogens with zero attached hydrogens (tertiary/aromatic N) is 1. The van der Waals surface area contributed by atoms with E-state index in [1.807, 2.05) is 32.1 Å². The lowest BCUT2D eigenvalue weighted by molar-refractivity contribution is -0.122. The summed E-state index contributed by atoms with van der Waals surface area (Å²) < 4.78 is 12.8. The van der Waals surface area contributed by atoms with E-state index < -0.39 is 0 Å². The van der Waals surface area contributed by atoms with Gasteiger partial charge in [-0.1, -0.05) is 37.8 Å². The summed E-state index contributed by atoms with van der Waals surface area (Å²) in [5, 5.41) is 0. The molecule has 0 unspecified atom stereocenters. The normalized spacial score (nSPS) is 16.2. The van der Waals surface area contributed by atoms with E-state index in [0.717, 1.165) is 15.8 Å². The number of benzene rings is 1. The SMILES string of the molecule is CCOc1cc(OCC)c(/C=C2\SC(=S)N(CC(C)C)C2=O)cc1Br. The van der Waals surface area contributed by atoms with Gasteiger partial charge in [-0.25, -0.2) is 0 Å². The summed E-state index contributed by atoms with van der Waals surface area (Å²) in [6.45, 7) is 9.72. The number of rotatable bonds is 7. The van der Waals surface area contributed by atoms with Gasteiger partial charge in [0.2, 0.25) is 0 Å². The molecule has 0 radical (unpaired) electrons. The Labute approximate surface area is 167 Å². The highest BCUT2D eigenvalue weighted by Crippen LogP contribution is 2.38. The van der Waals surface area contributed by atoms with Crippen molar-refractivity contribution in [3.63, 3.8) is 0 Å². The number of thioether (sulfide) groups is 1. The second kappa shape index (κ2) is 9.05. The summed E-state index contributed by atoms with van der Waals surface area (Å²) in [5.74, 6) is 1.72. The largest absolute Gasteiger partial charge is 0.493 e. The molecule has 4 nitrogen and oxygen atoms in total. The Kier molecular flexibility index (Phi) is 7.34. The molecule has 1 saturated heterocycles. The molecular formula is C18H22BrNO3S2. The number of halogens is 1. The van der Waals surface area contributed by atoms with Gasteiger partial charge in [0.05, 0.1) is 22.6 Å². The molecule has 25 heavy (non-hydrogen) atoms. The predicted molar refractivity (Wildman–Crippen MR) is 111 cm³/mol. The maximum absolute atomic E-state index is 12.7. The Morgan fingerprint density at radius 1 is 1.24 bits per heavy atom. The van der Waals surface area contributed by atoms with Gasteiger partial charge in [-0.2, -0.15) is 0 Å². The highest BCUT2D eigenvalue weighted by atomic mass is 79.9. The topological polar surface area (TPSA) is 38.8 Å². The van der Waals surface area contributed by atoms with Gasteiger partial charge in [-0.05, 0) is 47.8 Å². The van der Waals surface area contributed by atoms with Crippen LogP contribution in [0.4, 0.5) is 0 Å². The molecule has 0 spiro atoms. The fraction of sp³-hybridized carbons (Fsp3) is 0.444. The first-order valence-corrected chi connectivity index (χ1v) is 10.2. The molecule has 1 aromatic rings. The highest BCUT2D eigenvalue weighted by molar-refractivity contribution is 9.10. The number of carbonyl (C=O) groups is 1. The lowest BCUT2D eigenvalue weighted by atomic mass is 10.1. The van der Waals surface area contributed by atoms with Crippen LogP contribution in [0.1, 0.15) is 33.3 Å². The first kappa shape index (κ1) is 20.3. The average molecular weight is 444 g/mol. The van der Waals surface area contributed by atoms with Gasteiger partial charge in [0.15, 0.2) is 0 Å². The first-order valence-electron chi connectivity index (χ1n) is 8.21. The molecule has 1 aliphatic rings. The lowest BCUT2D eigenvalue weighted by Gasteiger charge is -2.16. The Hall–Kier alpha value is -1.05. The van der Waals surface area contributed by atoms with Crippen LogP contribution >= 0.6 is 39.9 Å². The molecule has 0 saturated carbocycles. The third-order valence-electron chi connectivity index (χ3n) is 3.37. The molecule has 1 fully saturated rings. The van der Waals surface area contributed by atoms with E-state index in [1.54, 1.807) is 4.90 Å². The average Bonchev–Trinajstić information content (AvgIpc) is 2.79. The number of ether oxygens (including phenoxy) is 2. The third kappa shape index (κ3) is 4.99. The number of carbonyl (C=O) groups excluding carboxylic acids is 1. The van der Waals surface area contributed by atoms with Crippen molar-refractivity contribution in [2.45, 2.75) is 27.7 Å². The predicted octanol–water partition coefficient (Wildman–Crippen LogP) is 5.10. The number of hydrogen-bond donors (Lipinski definition) is 0. The van der Waals surface area contributed by atoms with Crippen molar-refractivity contribution in [3.05, 3.63) is 27.1 Å². The molecule has 1 heterocycles. The summed E-state index contributed by atoms with van der Waals surface area (Å²) >= 11 is 10.2. The van der Waals surface area contributed by atoms with Crippen LogP contribution in [-0.4, -0.2) is 34.9 Å². The minimum atomic E-state index is -0.0452. The van der Waals surface area contributed by atoms with Crippen molar-refractivity contribution in [1.82, 2.24) is 4.90 Å². The van der Waals surface area contributed by atoms with Gasteiger partial charge in [0.1, 0.15) is 15.8 Å². The summed E-state index contributed by atoms with van der Waals surface area (Å²) in [7, 11) is 0. The van der Waals surface area contributed by atoms with Crippen LogP contribution < -0.4 is 9.47 Å². The molecule has 1 aromatic carbocycles. The third-order valence-corrected chi connectivity index (χ3v) is 5.37. The van der Waals surface area contributed by atoms with Crippen LogP contribution in [0.3, 0.4) is 0 Å². The van der Waals surface area contributed by atoms with Crippen molar-refractivity contribution in [3.8, 4) is 11.5 Å². The molecule has 0 aromatic heterocycles. The Morgan fingerprint density at radius 3 is 2.48 bits per heavy atom. The van der Waals surface area contributed by atoms with E-state index in [9.17, 15) is 4.79 Å². The zero-order valence-corrected chi connectivity index (χ0v) is 18.0. The second-order valence-electron chi connectivity index (χ2n) is 5.87. The van der Waals surface area contributed by atoms with Crippen LogP contribution in [0, 0.1) is 5.92 Å². The van der Waals surface area contributed by atoms with Crippen LogP contribution in [0.15, 0.2) is 21.5 Å². The summed E-state index contributed by atoms with van der Waals surface area (Å²) in [6, 6.07) is 3.75. The van der Waals surface area contributed by atoms with E-state index in [-0.39, 0.29) is 5.91 Å². The van der Waals surface area contributed by atoms with Crippen molar-refractivity contribution in [2.75, 3.05) is 19.8 Å². The molecule has 7 heteroatoms. The highest BCUT2D eigenvalue weighted by Gasteiger charge is 2.32. The molecular weight excluding hydrogens is 422 g/mol. The minimum Gasteiger partial charge on any atom is -0.493 e. The van der Waals surface area contributed by atoms with Crippen LogP contribution in [0.25, 0.3) is 6.08 Å². The zero-order valence-electron chi connectivity index (χ0n) is 14.8. The Morgan fingerprint density at radius 2 is 1.88 bits per heavy atom. The van der Waals surface area contributed by atoms with Crippen LogP contribution in [-0.2, 0) is 4.79 Å². The van der Waals surface area contributed by atoms with E-state index in [0.29, 0.717) is 40.7 Å². The fourth-order valence-electron chi connectivity index (χ4n) is 2.37. The van der Waals surface area contributed by atoms with E-state index in [4.69, 9.17) is 21.7 Å². The number of thiocarbonyl (C=S) groups is 1. The van der Waals surface area contributed by atoms with E-state index in [2.05, 4.69) is 29.8 Å². The molecule has 1 aliphatic heterocycles. The maximum Gasteiger partial charge on any atom is 0.266 e. The fourth-order valence-corrected chi connectivity index (χ4v) is 4.11. The van der Waals surface area contributed by atoms with E-state index >= 15 is 0 Å². The smallest absolute Gasteiger partial charge is 0.266 e. The maximum atomic E-state index is 12.7. The Bertz CT molecular complexity index is 704. The van der Waals surface area contributed by atoms with E-state index in [1.165, 1.54) is 11.8 Å². The van der Waals surface area contributed by atoms with Crippen molar-refractivity contribution in [1.29, 1.82) is 0 Å². The van der Waals surface area contributed by atoms with Crippen LogP contribution in [0.2, 0.25) is 0 Å². The molecule has 2 rings (SSSR count). The summed E-state index contributed by atoms with van der Waals surface area (Å²) in [4.78, 5) is 14.9. The van der Waals surface area contributed by atoms with Crippen LogP contribution in [0.5, 0.6) is 11.5 Å². The van der Waals surface area contributed by atoms with Gasteiger partial charge < -0.3 is 9.47 Å². The quantitative estimate of drug-likeness (QED) is 0.432. The summed E-state index contributed by atoms with van der Waals surface area (Å²) in [6.07, 6.45) is 1.84. The number of amides is 1. The lowest BCUT2D eigenvalue weighted by Crippen LogP contribution is -2.31. The van der Waals surface area contributed by atoms with Gasteiger partial charge in [0.25, 0.3) is 5.91 Å². The molecule has 0 atom stereocenters. The molecule has 136 valence electrons. The monoisotopic (exact) mass is 443 g/mol. The van der Waals surface area contributed by atoms with Crippen molar-refractivity contribution < 1.29 is 14.3 Å². The van der Waals surface area contributed by atoms with Gasteiger partial charge in [0, 0.05) is 18.2 Å². The second-order valence-corrected chi connectivity index (χ2v) is 8.40. The zero-order chi connectivity index (χ0) is 18.6. The van der Waals surface area contributed by atoms with Crippen molar-refractivity contribution in [2.24, 2.45) is 5.92 Å². The molecule has 0 aliphatic carbocycles. The Balaban J connectivity index is 2.38. The molecule has 0 bridgehead atoms. The first-order chi connectivity index (χ1) is 11.9. The van der Waals surface area contributed by atoms with Gasteiger partial charge in [-0.15, -0.1) is 0 Å². The minimum absolute atomic E-state index is 0.0452. The molecule has 0 N–H and O–H groups in total. The summed E-state index contributed by atoms with van der Waals surface area (Å²) in [5.41, 5.74) is 0.822.